The Bertz CT molecular complexity index is 336. The first-order chi connectivity index (χ1) is 6.13. The van der Waals surface area contributed by atoms with E-state index in [9.17, 15) is 0 Å². The molecule has 0 aliphatic heterocycles. The Morgan fingerprint density at radius 2 is 2.31 bits per heavy atom. The molecule has 0 atom stereocenters. The maximum absolute atomic E-state index is 5.66. The largest absolute Gasteiger partial charge is 0.255 e. The number of hydrogen-bond donors (Lipinski definition) is 0. The van der Waals surface area contributed by atoms with Gasteiger partial charge in [0.25, 0.3) is 0 Å². The number of pyridine rings is 1. The second-order valence-electron chi connectivity index (χ2n) is 2.64. The van der Waals surface area contributed by atoms with Crippen LogP contribution in [0.1, 0.15) is 12.6 Å². The van der Waals surface area contributed by atoms with Crippen LogP contribution in [0.5, 0.6) is 0 Å². The van der Waals surface area contributed by atoms with Crippen molar-refractivity contribution >= 4 is 49.5 Å². The summed E-state index contributed by atoms with van der Waals surface area (Å²) in [7, 11) is 0. The van der Waals surface area contributed by atoms with E-state index in [1.807, 2.05) is 19.1 Å². The molecule has 13 heavy (non-hydrogen) atoms. The van der Waals surface area contributed by atoms with E-state index in [0.29, 0.717) is 5.88 Å². The van der Waals surface area contributed by atoms with E-state index in [4.69, 9.17) is 11.6 Å². The molecule has 1 nitrogen and oxygen atoms in total. The fourth-order valence-electron chi connectivity index (χ4n) is 0.803. The summed E-state index contributed by atoms with van der Waals surface area (Å²) in [5.74, 6) is 0.532. The summed E-state index contributed by atoms with van der Waals surface area (Å²) in [6.45, 7) is 1.98. The molecule has 0 amide bonds. The molecule has 1 aromatic rings. The molecule has 0 bridgehead atoms. The lowest BCUT2D eigenvalue weighted by molar-refractivity contribution is 1.25. The number of nitrogens with zero attached hydrogens (tertiary/aromatic N) is 1. The van der Waals surface area contributed by atoms with Gasteiger partial charge in [0.15, 0.2) is 0 Å². The molecule has 1 aromatic heterocycles. The quantitative estimate of drug-likeness (QED) is 0.741. The minimum absolute atomic E-state index is 0.532. The van der Waals surface area contributed by atoms with Crippen molar-refractivity contribution in [3.8, 4) is 0 Å². The van der Waals surface area contributed by atoms with Crippen molar-refractivity contribution in [2.24, 2.45) is 0 Å². The van der Waals surface area contributed by atoms with Crippen molar-refractivity contribution in [2.75, 3.05) is 5.88 Å². The molecule has 1 rings (SSSR count). The third-order valence-electron chi connectivity index (χ3n) is 1.43. The maximum atomic E-state index is 5.66. The predicted octanol–water partition coefficient (Wildman–Crippen LogP) is 4.25. The van der Waals surface area contributed by atoms with Gasteiger partial charge in [-0.05, 0) is 50.9 Å². The maximum Gasteiger partial charge on any atom is 0.0772 e. The summed E-state index contributed by atoms with van der Waals surface area (Å²) in [5.41, 5.74) is 2.00. The van der Waals surface area contributed by atoms with E-state index in [0.717, 1.165) is 20.2 Å². The van der Waals surface area contributed by atoms with Crippen molar-refractivity contribution in [3.63, 3.8) is 0 Å². The minimum Gasteiger partial charge on any atom is -0.255 e. The fraction of sp³-hybridized carbons (Fsp3) is 0.222. The predicted molar refractivity (Wildman–Crippen MR) is 64.0 cm³/mol. The number of hydrogen-bond acceptors (Lipinski definition) is 1. The smallest absolute Gasteiger partial charge is 0.0772 e. The summed E-state index contributed by atoms with van der Waals surface area (Å²) in [6, 6.07) is 1.96. The van der Waals surface area contributed by atoms with Gasteiger partial charge in [0, 0.05) is 21.0 Å². The highest BCUT2D eigenvalue weighted by Gasteiger charge is 1.99. The second-order valence-corrected chi connectivity index (χ2v) is 4.68. The van der Waals surface area contributed by atoms with Crippen LogP contribution >= 0.6 is 43.5 Å². The van der Waals surface area contributed by atoms with Crippen LogP contribution in [0.25, 0.3) is 6.08 Å². The van der Waals surface area contributed by atoms with E-state index in [1.165, 1.54) is 0 Å². The summed E-state index contributed by atoms with van der Waals surface area (Å²) in [6.07, 6.45) is 3.72. The van der Waals surface area contributed by atoms with Crippen molar-refractivity contribution in [1.29, 1.82) is 0 Å². The van der Waals surface area contributed by atoms with Crippen LogP contribution in [0.3, 0.4) is 0 Å². The van der Waals surface area contributed by atoms with Crippen molar-refractivity contribution in [3.05, 3.63) is 32.5 Å². The van der Waals surface area contributed by atoms with E-state index >= 15 is 0 Å². The zero-order chi connectivity index (χ0) is 9.84. The lowest BCUT2D eigenvalue weighted by Crippen LogP contribution is -1.85. The first-order valence-corrected chi connectivity index (χ1v) is 5.79. The van der Waals surface area contributed by atoms with Crippen LogP contribution in [0.2, 0.25) is 0 Å². The number of halogens is 3. The molecular formula is C9H8Br2ClN. The van der Waals surface area contributed by atoms with Gasteiger partial charge in [-0.1, -0.05) is 5.57 Å². The highest BCUT2D eigenvalue weighted by molar-refractivity contribution is 9.11. The van der Waals surface area contributed by atoms with E-state index in [2.05, 4.69) is 36.8 Å². The van der Waals surface area contributed by atoms with Gasteiger partial charge >= 0.3 is 0 Å². The van der Waals surface area contributed by atoms with Gasteiger partial charge in [0.05, 0.1) is 5.69 Å². The molecule has 0 saturated heterocycles. The topological polar surface area (TPSA) is 12.9 Å². The summed E-state index contributed by atoms with van der Waals surface area (Å²) in [4.78, 5) is 4.24. The molecule has 0 N–H and O–H groups in total. The lowest BCUT2D eigenvalue weighted by atomic mass is 10.2. The summed E-state index contributed by atoms with van der Waals surface area (Å²) < 4.78 is 1.92. The first kappa shape index (κ1) is 11.2. The van der Waals surface area contributed by atoms with Crippen molar-refractivity contribution in [2.45, 2.75) is 6.92 Å². The van der Waals surface area contributed by atoms with Crippen LogP contribution in [-0.2, 0) is 0 Å². The Morgan fingerprint density at radius 1 is 1.62 bits per heavy atom. The van der Waals surface area contributed by atoms with Gasteiger partial charge in [-0.3, -0.25) is 4.98 Å². The van der Waals surface area contributed by atoms with Crippen LogP contribution < -0.4 is 0 Å². The average Bonchev–Trinajstić information content (AvgIpc) is 2.09. The van der Waals surface area contributed by atoms with Crippen LogP contribution in [0.4, 0.5) is 0 Å². The van der Waals surface area contributed by atoms with Crippen LogP contribution in [0, 0.1) is 0 Å². The summed E-state index contributed by atoms with van der Waals surface area (Å²) >= 11 is 12.4. The van der Waals surface area contributed by atoms with Gasteiger partial charge in [0.2, 0.25) is 0 Å². The molecule has 1 heterocycles. The van der Waals surface area contributed by atoms with E-state index < -0.39 is 0 Å². The molecule has 0 spiro atoms. The normalized spacial score (nSPS) is 11.8. The highest BCUT2D eigenvalue weighted by Crippen LogP contribution is 2.21. The number of rotatable bonds is 2. The van der Waals surface area contributed by atoms with E-state index in [1.54, 1.807) is 6.20 Å². The van der Waals surface area contributed by atoms with Gasteiger partial charge in [-0.2, -0.15) is 0 Å². The van der Waals surface area contributed by atoms with Crippen molar-refractivity contribution in [1.82, 2.24) is 4.98 Å². The molecule has 70 valence electrons. The minimum atomic E-state index is 0.532. The third kappa shape index (κ3) is 3.41. The highest BCUT2D eigenvalue weighted by atomic mass is 79.9. The zero-order valence-corrected chi connectivity index (χ0v) is 10.9. The number of allylic oxidation sites excluding steroid dienone is 1. The molecule has 0 aliphatic rings. The average molecular weight is 325 g/mol. The standard InChI is InChI=1S/C9H8Br2ClN/c1-6(4-12)2-9-8(11)3-7(10)5-13-9/h2-3,5H,4H2,1H3. The van der Waals surface area contributed by atoms with Gasteiger partial charge in [-0.15, -0.1) is 11.6 Å². The Labute approximate surface area is 99.5 Å². The van der Waals surface area contributed by atoms with E-state index in [-0.39, 0.29) is 0 Å². The Balaban J connectivity index is 3.03. The van der Waals surface area contributed by atoms with Crippen LogP contribution in [0.15, 0.2) is 26.8 Å². The van der Waals surface area contributed by atoms with Crippen molar-refractivity contribution < 1.29 is 0 Å². The fourth-order valence-corrected chi connectivity index (χ4v) is 1.98. The molecule has 4 heteroatoms. The zero-order valence-electron chi connectivity index (χ0n) is 7.02. The van der Waals surface area contributed by atoms with Crippen LogP contribution in [-0.4, -0.2) is 10.9 Å². The first-order valence-electron chi connectivity index (χ1n) is 3.67. The summed E-state index contributed by atoms with van der Waals surface area (Å²) in [5, 5.41) is 0. The number of aromatic nitrogens is 1. The van der Waals surface area contributed by atoms with Gasteiger partial charge in [0.1, 0.15) is 0 Å². The molecule has 0 radical (unpaired) electrons. The second kappa shape index (κ2) is 5.13. The molecule has 0 aromatic carbocycles. The molecule has 0 aliphatic carbocycles. The van der Waals surface area contributed by atoms with Gasteiger partial charge in [-0.25, -0.2) is 0 Å². The Hall–Kier alpha value is 0.140. The molecule has 0 fully saturated rings. The number of alkyl halides is 1. The molecule has 0 saturated carbocycles. The molecular weight excluding hydrogens is 317 g/mol. The molecule has 0 unspecified atom stereocenters. The monoisotopic (exact) mass is 323 g/mol. The third-order valence-corrected chi connectivity index (χ3v) is 2.92. The SMILES string of the molecule is CC(=Cc1ncc(Br)cc1Br)CCl. The van der Waals surface area contributed by atoms with Gasteiger partial charge < -0.3 is 0 Å². The lowest BCUT2D eigenvalue weighted by Gasteiger charge is -1.99. The Kier molecular flexibility index (Phi) is 4.42. The Morgan fingerprint density at radius 3 is 2.85 bits per heavy atom.